The van der Waals surface area contributed by atoms with E-state index in [9.17, 15) is 5.11 Å². The minimum Gasteiger partial charge on any atom is -0.398 e. The van der Waals surface area contributed by atoms with Crippen molar-refractivity contribution in [2.24, 2.45) is 0 Å². The Bertz CT molecular complexity index is 435. The summed E-state index contributed by atoms with van der Waals surface area (Å²) in [5.41, 5.74) is 7.33. The monoisotopic (exact) mass is 269 g/mol. The third-order valence-electron chi connectivity index (χ3n) is 2.39. The van der Waals surface area contributed by atoms with E-state index < -0.39 is 0 Å². The Morgan fingerprint density at radius 3 is 2.50 bits per heavy atom. The van der Waals surface area contributed by atoms with Gasteiger partial charge in [-0.15, -0.1) is 12.4 Å². The van der Waals surface area contributed by atoms with Crippen molar-refractivity contribution < 1.29 is 5.11 Å². The maximum absolute atomic E-state index is 9.40. The second-order valence-corrected chi connectivity index (χ2v) is 5.09. The van der Waals surface area contributed by atoms with Gasteiger partial charge in [-0.1, -0.05) is 6.07 Å². The zero-order valence-corrected chi connectivity index (χ0v) is 11.7. The number of aliphatic hydroxyl groups is 1. The Kier molecular flexibility index (Phi) is 6.13. The Balaban J connectivity index is 0.00000289. The molecule has 0 saturated heterocycles. The molecule has 0 saturated carbocycles. The molecule has 0 spiro atoms. The number of aliphatic hydroxyl groups excluding tert-OH is 1. The number of rotatable bonds is 3. The van der Waals surface area contributed by atoms with Gasteiger partial charge in [-0.05, 0) is 38.5 Å². The molecule has 0 fully saturated rings. The molecular formula is C13H20ClN3O. The van der Waals surface area contributed by atoms with Crippen LogP contribution in [-0.4, -0.2) is 17.3 Å². The number of anilines is 1. The average Bonchev–Trinajstić information content (AvgIpc) is 2.25. The molecule has 0 amide bonds. The van der Waals surface area contributed by atoms with Crippen molar-refractivity contribution in [2.45, 2.75) is 32.4 Å². The highest BCUT2D eigenvalue weighted by atomic mass is 35.5. The number of nitrogens with two attached hydrogens (primary N) is 1. The van der Waals surface area contributed by atoms with Crippen molar-refractivity contribution in [3.63, 3.8) is 0 Å². The van der Waals surface area contributed by atoms with E-state index in [0.29, 0.717) is 11.3 Å². The maximum Gasteiger partial charge on any atom is 0.101 e. The molecular weight excluding hydrogens is 250 g/mol. The number of hydrogen-bond acceptors (Lipinski definition) is 4. The van der Waals surface area contributed by atoms with Crippen molar-refractivity contribution >= 4 is 18.1 Å². The predicted molar refractivity (Wildman–Crippen MR) is 75.5 cm³/mol. The van der Waals surface area contributed by atoms with Crippen LogP contribution in [0.2, 0.25) is 0 Å². The maximum atomic E-state index is 9.40. The van der Waals surface area contributed by atoms with Crippen LogP contribution < -0.4 is 11.1 Å². The van der Waals surface area contributed by atoms with Crippen LogP contribution in [0.3, 0.4) is 0 Å². The molecule has 1 rings (SSSR count). The zero-order valence-electron chi connectivity index (χ0n) is 10.9. The fraction of sp³-hybridized carbons (Fsp3) is 0.462. The van der Waals surface area contributed by atoms with Gasteiger partial charge in [0, 0.05) is 11.2 Å². The van der Waals surface area contributed by atoms with Crippen LogP contribution in [0.1, 0.15) is 37.9 Å². The van der Waals surface area contributed by atoms with Crippen LogP contribution >= 0.6 is 12.4 Å². The molecule has 0 heterocycles. The van der Waals surface area contributed by atoms with Gasteiger partial charge in [-0.2, -0.15) is 5.26 Å². The molecule has 4 N–H and O–H groups in total. The van der Waals surface area contributed by atoms with Crippen LogP contribution in [0.25, 0.3) is 0 Å². The first-order valence-corrected chi connectivity index (χ1v) is 5.55. The Morgan fingerprint density at radius 2 is 2.06 bits per heavy atom. The summed E-state index contributed by atoms with van der Waals surface area (Å²) in [6, 6.07) is 7.09. The molecule has 18 heavy (non-hydrogen) atoms. The summed E-state index contributed by atoms with van der Waals surface area (Å²) >= 11 is 0. The highest BCUT2D eigenvalue weighted by Crippen LogP contribution is 2.20. The third kappa shape index (κ3) is 4.53. The third-order valence-corrected chi connectivity index (χ3v) is 2.39. The number of nitrogens with one attached hydrogen (secondary N) is 1. The molecule has 5 heteroatoms. The van der Waals surface area contributed by atoms with E-state index in [1.165, 1.54) is 0 Å². The largest absolute Gasteiger partial charge is 0.398 e. The second kappa shape index (κ2) is 6.60. The first-order valence-electron chi connectivity index (χ1n) is 5.55. The van der Waals surface area contributed by atoms with Crippen molar-refractivity contribution in [1.29, 1.82) is 5.26 Å². The fourth-order valence-electron chi connectivity index (χ4n) is 1.64. The van der Waals surface area contributed by atoms with E-state index >= 15 is 0 Å². The van der Waals surface area contributed by atoms with E-state index in [4.69, 9.17) is 11.0 Å². The van der Waals surface area contributed by atoms with Crippen molar-refractivity contribution in [3.05, 3.63) is 29.3 Å². The molecule has 0 aliphatic carbocycles. The first-order chi connectivity index (χ1) is 7.87. The van der Waals surface area contributed by atoms with Gasteiger partial charge >= 0.3 is 0 Å². The van der Waals surface area contributed by atoms with Crippen LogP contribution in [0.15, 0.2) is 18.2 Å². The summed E-state index contributed by atoms with van der Waals surface area (Å²) in [7, 11) is 0. The molecule has 1 atom stereocenters. The van der Waals surface area contributed by atoms with Gasteiger partial charge in [-0.25, -0.2) is 0 Å². The molecule has 0 aliphatic rings. The van der Waals surface area contributed by atoms with Crippen LogP contribution in [-0.2, 0) is 0 Å². The lowest BCUT2D eigenvalue weighted by Crippen LogP contribution is -2.40. The number of nitriles is 1. The number of nitrogen functional groups attached to an aromatic ring is 1. The highest BCUT2D eigenvalue weighted by molar-refractivity contribution is 5.85. The fourth-order valence-corrected chi connectivity index (χ4v) is 1.64. The molecule has 1 aromatic rings. The molecule has 4 nitrogen and oxygen atoms in total. The normalized spacial score (nSPS) is 12.4. The highest BCUT2D eigenvalue weighted by Gasteiger charge is 2.18. The van der Waals surface area contributed by atoms with Gasteiger partial charge < -0.3 is 16.2 Å². The summed E-state index contributed by atoms with van der Waals surface area (Å²) in [5, 5.41) is 21.6. The van der Waals surface area contributed by atoms with E-state index in [1.54, 1.807) is 12.1 Å². The van der Waals surface area contributed by atoms with Gasteiger partial charge in [0.25, 0.3) is 0 Å². The zero-order chi connectivity index (χ0) is 13.1. The molecule has 0 aliphatic heterocycles. The Labute approximate surface area is 114 Å². The average molecular weight is 270 g/mol. The lowest BCUT2D eigenvalue weighted by atomic mass is 10.00. The SMILES string of the molecule is CC(C)(C)NC(CO)c1ccc(N)c(C#N)c1.Cl. The van der Waals surface area contributed by atoms with Crippen molar-refractivity contribution in [3.8, 4) is 6.07 Å². The Hall–Kier alpha value is -1.28. The summed E-state index contributed by atoms with van der Waals surface area (Å²) < 4.78 is 0. The lowest BCUT2D eigenvalue weighted by Gasteiger charge is -2.27. The lowest BCUT2D eigenvalue weighted by molar-refractivity contribution is 0.217. The summed E-state index contributed by atoms with van der Waals surface area (Å²) in [4.78, 5) is 0. The van der Waals surface area contributed by atoms with Crippen molar-refractivity contribution in [1.82, 2.24) is 5.32 Å². The van der Waals surface area contributed by atoms with Gasteiger partial charge in [0.15, 0.2) is 0 Å². The number of nitrogens with zero attached hydrogens (tertiary/aromatic N) is 1. The van der Waals surface area contributed by atoms with Gasteiger partial charge in [0.1, 0.15) is 6.07 Å². The Morgan fingerprint density at radius 1 is 1.44 bits per heavy atom. The van der Waals surface area contributed by atoms with E-state index in [2.05, 4.69) is 5.32 Å². The molecule has 0 aromatic heterocycles. The van der Waals surface area contributed by atoms with E-state index in [-0.39, 0.29) is 30.6 Å². The topological polar surface area (TPSA) is 82.1 Å². The minimum atomic E-state index is -0.192. The van der Waals surface area contributed by atoms with E-state index in [0.717, 1.165) is 5.56 Å². The number of benzene rings is 1. The van der Waals surface area contributed by atoms with Crippen LogP contribution in [0, 0.1) is 11.3 Å². The number of hydrogen-bond donors (Lipinski definition) is 3. The summed E-state index contributed by atoms with van der Waals surface area (Å²) in [6.45, 7) is 6.06. The van der Waals surface area contributed by atoms with Gasteiger partial charge in [0.05, 0.1) is 18.2 Å². The standard InChI is InChI=1S/C13H19N3O.ClH/c1-13(2,3)16-12(8-17)9-4-5-11(15)10(6-9)7-14;/h4-6,12,16-17H,8,15H2,1-3H3;1H. The summed E-state index contributed by atoms with van der Waals surface area (Å²) in [6.07, 6.45) is 0. The van der Waals surface area contributed by atoms with Crippen LogP contribution in [0.4, 0.5) is 5.69 Å². The molecule has 0 radical (unpaired) electrons. The first kappa shape index (κ1) is 16.7. The van der Waals surface area contributed by atoms with E-state index in [1.807, 2.05) is 32.9 Å². The molecule has 100 valence electrons. The second-order valence-electron chi connectivity index (χ2n) is 5.09. The summed E-state index contributed by atoms with van der Waals surface area (Å²) in [5.74, 6) is 0. The van der Waals surface area contributed by atoms with Crippen molar-refractivity contribution in [2.75, 3.05) is 12.3 Å². The quantitative estimate of drug-likeness (QED) is 0.733. The molecule has 1 unspecified atom stereocenters. The number of halogens is 1. The van der Waals surface area contributed by atoms with Gasteiger partial charge in [-0.3, -0.25) is 0 Å². The molecule has 0 bridgehead atoms. The molecule has 1 aromatic carbocycles. The van der Waals surface area contributed by atoms with Gasteiger partial charge in [0.2, 0.25) is 0 Å². The minimum absolute atomic E-state index is 0. The smallest absolute Gasteiger partial charge is 0.101 e. The van der Waals surface area contributed by atoms with Crippen LogP contribution in [0.5, 0.6) is 0 Å². The predicted octanol–water partition coefficient (Wildman–Crippen LogP) is 1.98.